The van der Waals surface area contributed by atoms with Crippen LogP contribution in [-0.2, 0) is 14.6 Å². The number of aliphatic carboxylic acids is 1. The zero-order valence-corrected chi connectivity index (χ0v) is 12.6. The van der Waals surface area contributed by atoms with E-state index in [1.807, 2.05) is 6.92 Å². The molecule has 0 heterocycles. The molecule has 20 heavy (non-hydrogen) atoms. The summed E-state index contributed by atoms with van der Waals surface area (Å²) in [5.74, 6) is -0.823. The van der Waals surface area contributed by atoms with E-state index >= 15 is 0 Å². The number of anilines is 1. The first kappa shape index (κ1) is 16.5. The number of para-hydroxylation sites is 1. The highest BCUT2D eigenvalue weighted by atomic mass is 32.2. The lowest BCUT2D eigenvalue weighted by Crippen LogP contribution is -2.18. The smallest absolute Gasteiger partial charge is 0.303 e. The van der Waals surface area contributed by atoms with Crippen molar-refractivity contribution in [2.45, 2.75) is 31.6 Å². The van der Waals surface area contributed by atoms with Crippen LogP contribution in [0.4, 0.5) is 5.69 Å². The molecule has 0 saturated carbocycles. The molecular formula is C14H21NO4S. The fourth-order valence-corrected chi connectivity index (χ4v) is 2.97. The summed E-state index contributed by atoms with van der Waals surface area (Å²) in [5, 5.41) is 11.9. The van der Waals surface area contributed by atoms with Crippen LogP contribution in [0.2, 0.25) is 0 Å². The number of nitrogens with one attached hydrogen (secondary N) is 1. The molecule has 0 aliphatic carbocycles. The van der Waals surface area contributed by atoms with Gasteiger partial charge in [0.05, 0.1) is 16.3 Å². The second-order valence-electron chi connectivity index (χ2n) is 4.65. The van der Waals surface area contributed by atoms with E-state index in [2.05, 4.69) is 5.32 Å². The first-order valence-corrected chi connectivity index (χ1v) is 8.33. The number of hydrogen-bond acceptors (Lipinski definition) is 4. The Kier molecular flexibility index (Phi) is 6.01. The summed E-state index contributed by atoms with van der Waals surface area (Å²) in [6.45, 7) is 3.97. The fourth-order valence-electron chi connectivity index (χ4n) is 1.90. The topological polar surface area (TPSA) is 83.5 Å². The maximum atomic E-state index is 12.0. The molecule has 1 aromatic rings. The number of sulfone groups is 1. The van der Waals surface area contributed by atoms with Gasteiger partial charge in [0.2, 0.25) is 0 Å². The van der Waals surface area contributed by atoms with Crippen LogP contribution in [0, 0.1) is 5.92 Å². The average molecular weight is 299 g/mol. The zero-order chi connectivity index (χ0) is 15.2. The van der Waals surface area contributed by atoms with Crippen molar-refractivity contribution >= 4 is 21.5 Å². The third-order valence-corrected chi connectivity index (χ3v) is 5.01. The largest absolute Gasteiger partial charge is 0.481 e. The van der Waals surface area contributed by atoms with Crippen molar-refractivity contribution < 1.29 is 18.3 Å². The van der Waals surface area contributed by atoms with Crippen molar-refractivity contribution in [2.24, 2.45) is 5.92 Å². The van der Waals surface area contributed by atoms with E-state index < -0.39 is 15.8 Å². The molecule has 2 N–H and O–H groups in total. The monoisotopic (exact) mass is 299 g/mol. The van der Waals surface area contributed by atoms with E-state index in [-0.39, 0.29) is 23.0 Å². The van der Waals surface area contributed by atoms with E-state index in [1.54, 1.807) is 31.2 Å². The normalized spacial score (nSPS) is 12.9. The van der Waals surface area contributed by atoms with E-state index in [1.165, 1.54) is 0 Å². The number of hydrogen-bond donors (Lipinski definition) is 2. The van der Waals surface area contributed by atoms with Crippen LogP contribution < -0.4 is 5.32 Å². The summed E-state index contributed by atoms with van der Waals surface area (Å²) in [6.07, 6.45) is 0.800. The average Bonchev–Trinajstić information content (AvgIpc) is 2.43. The molecule has 5 nitrogen and oxygen atoms in total. The number of carboxylic acid groups (broad SMARTS) is 1. The highest BCUT2D eigenvalue weighted by Gasteiger charge is 2.17. The molecule has 0 aliphatic rings. The minimum absolute atomic E-state index is 0.0233. The fraction of sp³-hybridized carbons (Fsp3) is 0.500. The number of carboxylic acids is 1. The van der Waals surface area contributed by atoms with E-state index in [0.717, 1.165) is 6.42 Å². The van der Waals surface area contributed by atoms with Gasteiger partial charge in [-0.25, -0.2) is 8.42 Å². The maximum Gasteiger partial charge on any atom is 0.303 e. The highest BCUT2D eigenvalue weighted by Crippen LogP contribution is 2.22. The van der Waals surface area contributed by atoms with Gasteiger partial charge in [-0.1, -0.05) is 32.4 Å². The second kappa shape index (κ2) is 7.28. The van der Waals surface area contributed by atoms with Crippen molar-refractivity contribution in [3.05, 3.63) is 24.3 Å². The summed E-state index contributed by atoms with van der Waals surface area (Å²) in [4.78, 5) is 11.0. The summed E-state index contributed by atoms with van der Waals surface area (Å²) in [7, 11) is -3.29. The van der Waals surface area contributed by atoms with Crippen LogP contribution >= 0.6 is 0 Å². The minimum Gasteiger partial charge on any atom is -0.481 e. The van der Waals surface area contributed by atoms with Crippen molar-refractivity contribution in [1.82, 2.24) is 0 Å². The first-order valence-electron chi connectivity index (χ1n) is 6.68. The number of rotatable bonds is 8. The molecule has 6 heteroatoms. The molecule has 0 saturated heterocycles. The lowest BCUT2D eigenvalue weighted by atomic mass is 10.0. The van der Waals surface area contributed by atoms with E-state index in [9.17, 15) is 13.2 Å². The van der Waals surface area contributed by atoms with Gasteiger partial charge in [0.25, 0.3) is 0 Å². The molecule has 1 aromatic carbocycles. The lowest BCUT2D eigenvalue weighted by molar-refractivity contribution is -0.138. The van der Waals surface area contributed by atoms with E-state index in [4.69, 9.17) is 5.11 Å². The molecule has 0 aromatic heterocycles. The summed E-state index contributed by atoms with van der Waals surface area (Å²) in [5.41, 5.74) is 0.540. The number of carbonyl (C=O) groups is 1. The molecule has 0 fully saturated rings. The molecule has 1 atom stereocenters. The van der Waals surface area contributed by atoms with Crippen LogP contribution in [0.15, 0.2) is 29.2 Å². The Hall–Kier alpha value is -1.56. The van der Waals surface area contributed by atoms with Gasteiger partial charge in [0.1, 0.15) is 0 Å². The highest BCUT2D eigenvalue weighted by molar-refractivity contribution is 7.91. The molecule has 112 valence electrons. The van der Waals surface area contributed by atoms with Crippen LogP contribution in [0.3, 0.4) is 0 Å². The molecule has 1 rings (SSSR count). The van der Waals surface area contributed by atoms with Gasteiger partial charge < -0.3 is 10.4 Å². The Balaban J connectivity index is 2.86. The molecule has 0 aliphatic heterocycles. The quantitative estimate of drug-likeness (QED) is 0.770. The zero-order valence-electron chi connectivity index (χ0n) is 11.8. The van der Waals surface area contributed by atoms with E-state index in [0.29, 0.717) is 12.2 Å². The third kappa shape index (κ3) is 4.52. The van der Waals surface area contributed by atoms with Gasteiger partial charge in [0, 0.05) is 13.0 Å². The maximum absolute atomic E-state index is 12.0. The molecule has 0 radical (unpaired) electrons. The Morgan fingerprint density at radius 2 is 1.95 bits per heavy atom. The van der Waals surface area contributed by atoms with Crippen molar-refractivity contribution in [1.29, 1.82) is 0 Å². The Morgan fingerprint density at radius 3 is 2.50 bits per heavy atom. The summed E-state index contributed by atoms with van der Waals surface area (Å²) in [6, 6.07) is 6.72. The predicted molar refractivity (Wildman–Crippen MR) is 78.7 cm³/mol. The van der Waals surface area contributed by atoms with Gasteiger partial charge in [-0.15, -0.1) is 0 Å². The van der Waals surface area contributed by atoms with Crippen LogP contribution in [0.5, 0.6) is 0 Å². The van der Waals surface area contributed by atoms with Crippen LogP contribution in [0.25, 0.3) is 0 Å². The van der Waals surface area contributed by atoms with Crippen LogP contribution in [-0.4, -0.2) is 31.8 Å². The molecular weight excluding hydrogens is 278 g/mol. The van der Waals surface area contributed by atoms with Gasteiger partial charge >= 0.3 is 5.97 Å². The molecule has 1 unspecified atom stereocenters. The Labute approximate surface area is 119 Å². The van der Waals surface area contributed by atoms with Gasteiger partial charge in [0.15, 0.2) is 9.84 Å². The SMILES string of the molecule is CCC(CNc1ccccc1S(=O)(=O)CC)CC(=O)O. The predicted octanol–water partition coefficient (Wildman–Crippen LogP) is 2.39. The van der Waals surface area contributed by atoms with Crippen LogP contribution in [0.1, 0.15) is 26.7 Å². The van der Waals surface area contributed by atoms with Gasteiger partial charge in [-0.05, 0) is 18.1 Å². The lowest BCUT2D eigenvalue weighted by Gasteiger charge is -2.16. The summed E-state index contributed by atoms with van der Waals surface area (Å²) >= 11 is 0. The molecule has 0 bridgehead atoms. The Morgan fingerprint density at radius 1 is 1.30 bits per heavy atom. The Bertz CT molecular complexity index is 554. The van der Waals surface area contributed by atoms with Crippen molar-refractivity contribution in [2.75, 3.05) is 17.6 Å². The molecule has 0 amide bonds. The minimum atomic E-state index is -3.29. The standard InChI is InChI=1S/C14H21NO4S/c1-3-11(9-14(16)17)10-15-12-7-5-6-8-13(12)20(18,19)4-2/h5-8,11,15H,3-4,9-10H2,1-2H3,(H,16,17). The third-order valence-electron chi connectivity index (χ3n) is 3.22. The van der Waals surface area contributed by atoms with Gasteiger partial charge in [-0.2, -0.15) is 0 Å². The number of benzene rings is 1. The van der Waals surface area contributed by atoms with Gasteiger partial charge in [-0.3, -0.25) is 4.79 Å². The molecule has 0 spiro atoms. The van der Waals surface area contributed by atoms with Crippen molar-refractivity contribution in [3.63, 3.8) is 0 Å². The van der Waals surface area contributed by atoms with Crippen molar-refractivity contribution in [3.8, 4) is 0 Å². The second-order valence-corrected chi connectivity index (χ2v) is 6.90. The first-order chi connectivity index (χ1) is 9.40. The summed E-state index contributed by atoms with van der Waals surface area (Å²) < 4.78 is 24.0.